The first-order valence-corrected chi connectivity index (χ1v) is 10.6. The number of carbonyl (C=O) groups excluding carboxylic acids is 2. The summed E-state index contributed by atoms with van der Waals surface area (Å²) in [6.45, 7) is 2.21. The van der Waals surface area contributed by atoms with Gasteiger partial charge in [0.05, 0.1) is 22.5 Å². The topological polar surface area (TPSA) is 66.8 Å². The van der Waals surface area contributed by atoms with Crippen LogP contribution < -0.4 is 4.74 Å². The number of halogens is 3. The number of imide groups is 1. The van der Waals surface area contributed by atoms with E-state index >= 15 is 0 Å². The van der Waals surface area contributed by atoms with Crippen LogP contribution in [0.5, 0.6) is 11.5 Å². The number of rotatable bonds is 5. The third kappa shape index (κ3) is 4.26. The standard InChI is InChI=1S/C19H14Br2FNO4S/c1-2-27-13-7-11(15(20)16(21)17(13)24)8-14-18(25)23(19(26)28-14)9-10-3-5-12(22)6-4-10/h3-8,24H,2,9H2,1H3/b14-8-. The molecule has 0 spiro atoms. The van der Waals surface area contributed by atoms with Crippen molar-refractivity contribution in [3.63, 3.8) is 0 Å². The summed E-state index contributed by atoms with van der Waals surface area (Å²) in [5.74, 6) is -0.622. The summed E-state index contributed by atoms with van der Waals surface area (Å²) in [7, 11) is 0. The summed E-state index contributed by atoms with van der Waals surface area (Å²) in [4.78, 5) is 26.4. The van der Waals surface area contributed by atoms with Crippen LogP contribution in [0.3, 0.4) is 0 Å². The molecule has 146 valence electrons. The monoisotopic (exact) mass is 529 g/mol. The van der Waals surface area contributed by atoms with Crippen molar-refractivity contribution in [2.45, 2.75) is 13.5 Å². The summed E-state index contributed by atoms with van der Waals surface area (Å²) in [5.41, 5.74) is 1.22. The van der Waals surface area contributed by atoms with Crippen LogP contribution in [-0.2, 0) is 11.3 Å². The van der Waals surface area contributed by atoms with Gasteiger partial charge in [0.25, 0.3) is 11.1 Å². The Balaban J connectivity index is 1.90. The van der Waals surface area contributed by atoms with Crippen molar-refractivity contribution in [2.24, 2.45) is 0 Å². The first kappa shape index (κ1) is 20.9. The predicted octanol–water partition coefficient (Wildman–Crippen LogP) is 5.69. The molecular formula is C19H14Br2FNO4S. The number of hydrogen-bond acceptors (Lipinski definition) is 5. The lowest BCUT2D eigenvalue weighted by molar-refractivity contribution is -0.123. The molecule has 9 heteroatoms. The van der Waals surface area contributed by atoms with Crippen molar-refractivity contribution in [1.29, 1.82) is 0 Å². The molecule has 1 heterocycles. The fraction of sp³-hybridized carbons (Fsp3) is 0.158. The van der Waals surface area contributed by atoms with E-state index in [1.807, 2.05) is 0 Å². The molecule has 0 aromatic heterocycles. The van der Waals surface area contributed by atoms with E-state index in [1.54, 1.807) is 19.1 Å². The Kier molecular flexibility index (Phi) is 6.47. The van der Waals surface area contributed by atoms with Crippen LogP contribution in [0, 0.1) is 5.82 Å². The number of nitrogens with zero attached hydrogens (tertiary/aromatic N) is 1. The molecule has 1 aliphatic rings. The van der Waals surface area contributed by atoms with Gasteiger partial charge in [-0.15, -0.1) is 0 Å². The molecule has 1 N–H and O–H groups in total. The van der Waals surface area contributed by atoms with Gasteiger partial charge in [-0.05, 0) is 85.9 Å². The molecule has 28 heavy (non-hydrogen) atoms. The first-order chi connectivity index (χ1) is 13.3. The Morgan fingerprint density at radius 1 is 1.21 bits per heavy atom. The van der Waals surface area contributed by atoms with Gasteiger partial charge in [0.2, 0.25) is 0 Å². The van der Waals surface area contributed by atoms with Gasteiger partial charge in [0, 0.05) is 4.47 Å². The average Bonchev–Trinajstić information content (AvgIpc) is 2.93. The van der Waals surface area contributed by atoms with Gasteiger partial charge in [-0.2, -0.15) is 0 Å². The minimum Gasteiger partial charge on any atom is -0.503 e. The molecule has 1 fully saturated rings. The molecule has 0 bridgehead atoms. The summed E-state index contributed by atoms with van der Waals surface area (Å²) >= 11 is 7.48. The van der Waals surface area contributed by atoms with E-state index in [4.69, 9.17) is 4.74 Å². The highest BCUT2D eigenvalue weighted by atomic mass is 79.9. The maximum absolute atomic E-state index is 13.0. The zero-order chi connectivity index (χ0) is 20.4. The van der Waals surface area contributed by atoms with Crippen LogP contribution >= 0.6 is 43.6 Å². The molecule has 2 amide bonds. The lowest BCUT2D eigenvalue weighted by Gasteiger charge is -2.13. The molecule has 1 aliphatic heterocycles. The number of amides is 2. The molecule has 0 saturated carbocycles. The molecule has 0 radical (unpaired) electrons. The molecule has 2 aromatic carbocycles. The zero-order valence-electron chi connectivity index (χ0n) is 14.5. The second kappa shape index (κ2) is 8.67. The normalized spacial score (nSPS) is 15.6. The summed E-state index contributed by atoms with van der Waals surface area (Å²) in [6.07, 6.45) is 1.56. The highest BCUT2D eigenvalue weighted by molar-refractivity contribution is 9.13. The average molecular weight is 531 g/mol. The Labute approximate surface area is 181 Å². The van der Waals surface area contributed by atoms with Crippen LogP contribution in [0.4, 0.5) is 9.18 Å². The Morgan fingerprint density at radius 2 is 1.89 bits per heavy atom. The number of ether oxygens (including phenoxy) is 1. The Bertz CT molecular complexity index is 979. The highest BCUT2D eigenvalue weighted by Gasteiger charge is 2.35. The molecule has 2 aromatic rings. The molecule has 3 rings (SSSR count). The van der Waals surface area contributed by atoms with Crippen molar-refractivity contribution in [3.05, 3.63) is 61.1 Å². The summed E-state index contributed by atoms with van der Waals surface area (Å²) in [5, 5.41) is 9.73. The highest BCUT2D eigenvalue weighted by Crippen LogP contribution is 2.44. The summed E-state index contributed by atoms with van der Waals surface area (Å²) < 4.78 is 19.4. The van der Waals surface area contributed by atoms with Crippen molar-refractivity contribution in [3.8, 4) is 11.5 Å². The number of benzene rings is 2. The van der Waals surface area contributed by atoms with Gasteiger partial charge >= 0.3 is 0 Å². The van der Waals surface area contributed by atoms with E-state index in [0.29, 0.717) is 26.7 Å². The SMILES string of the molecule is CCOc1cc(/C=C2\SC(=O)N(Cc3ccc(F)cc3)C2=O)c(Br)c(Br)c1O. The van der Waals surface area contributed by atoms with Crippen LogP contribution in [0.25, 0.3) is 6.08 Å². The number of phenolic OH excluding ortho intramolecular Hbond substituents is 1. The van der Waals surface area contributed by atoms with E-state index in [9.17, 15) is 19.1 Å². The maximum Gasteiger partial charge on any atom is 0.293 e. The number of carbonyl (C=O) groups is 2. The quantitative estimate of drug-likeness (QED) is 0.503. The molecule has 1 saturated heterocycles. The lowest BCUT2D eigenvalue weighted by Crippen LogP contribution is -2.27. The van der Waals surface area contributed by atoms with Crippen molar-refractivity contribution in [2.75, 3.05) is 6.61 Å². The van der Waals surface area contributed by atoms with Crippen molar-refractivity contribution < 1.29 is 23.8 Å². The largest absolute Gasteiger partial charge is 0.503 e. The van der Waals surface area contributed by atoms with Crippen LogP contribution in [-0.4, -0.2) is 27.8 Å². The Hall–Kier alpha value is -1.84. The van der Waals surface area contributed by atoms with Gasteiger partial charge < -0.3 is 9.84 Å². The fourth-order valence-corrected chi connectivity index (χ4v) is 4.20. The molecule has 5 nitrogen and oxygen atoms in total. The third-order valence-corrected chi connectivity index (χ3v) is 6.95. The second-order valence-corrected chi connectivity index (χ2v) is 8.35. The number of hydrogen-bond donors (Lipinski definition) is 1. The summed E-state index contributed by atoms with van der Waals surface area (Å²) in [6, 6.07) is 7.21. The van der Waals surface area contributed by atoms with E-state index < -0.39 is 11.1 Å². The maximum atomic E-state index is 13.0. The number of thioether (sulfide) groups is 1. The van der Waals surface area contributed by atoms with Crippen molar-refractivity contribution >= 4 is 60.8 Å². The zero-order valence-corrected chi connectivity index (χ0v) is 18.5. The number of phenols is 1. The van der Waals surface area contributed by atoms with Gasteiger partial charge in [0.1, 0.15) is 5.82 Å². The number of aromatic hydroxyl groups is 1. The van der Waals surface area contributed by atoms with Gasteiger partial charge in [-0.3, -0.25) is 14.5 Å². The van der Waals surface area contributed by atoms with Gasteiger partial charge in [-0.1, -0.05) is 12.1 Å². The van der Waals surface area contributed by atoms with Gasteiger partial charge in [-0.25, -0.2) is 4.39 Å². The molecule has 0 unspecified atom stereocenters. The molecule has 0 atom stereocenters. The third-order valence-electron chi connectivity index (χ3n) is 3.89. The molecule has 0 aliphatic carbocycles. The first-order valence-electron chi connectivity index (χ1n) is 8.15. The van der Waals surface area contributed by atoms with E-state index in [2.05, 4.69) is 31.9 Å². The van der Waals surface area contributed by atoms with Crippen molar-refractivity contribution in [1.82, 2.24) is 4.90 Å². The van der Waals surface area contributed by atoms with Gasteiger partial charge in [0.15, 0.2) is 11.5 Å². The van der Waals surface area contributed by atoms with Crippen LogP contribution in [0.1, 0.15) is 18.1 Å². The Morgan fingerprint density at radius 3 is 2.54 bits per heavy atom. The van der Waals surface area contributed by atoms with E-state index in [-0.39, 0.29) is 28.8 Å². The van der Waals surface area contributed by atoms with E-state index in [0.717, 1.165) is 16.7 Å². The molecular weight excluding hydrogens is 517 g/mol. The van der Waals surface area contributed by atoms with Crippen LogP contribution in [0.2, 0.25) is 0 Å². The second-order valence-electron chi connectivity index (χ2n) is 5.77. The lowest BCUT2D eigenvalue weighted by atomic mass is 10.1. The minimum atomic E-state index is -0.437. The minimum absolute atomic E-state index is 0.0599. The van der Waals surface area contributed by atoms with Crippen LogP contribution in [0.15, 0.2) is 44.2 Å². The predicted molar refractivity (Wildman–Crippen MR) is 113 cm³/mol. The van der Waals surface area contributed by atoms with E-state index in [1.165, 1.54) is 24.3 Å². The smallest absolute Gasteiger partial charge is 0.293 e. The fourth-order valence-electron chi connectivity index (χ4n) is 2.53.